The molecule has 0 atom stereocenters. The Bertz CT molecular complexity index is 1140. The average molecular weight is 413 g/mol. The molecule has 1 nitrogen and oxygen atoms in total. The highest BCUT2D eigenvalue weighted by Crippen LogP contribution is 2.16. The Morgan fingerprint density at radius 1 is 0.484 bits per heavy atom. The fraction of sp³-hybridized carbons (Fsp3) is 0. The lowest BCUT2D eigenvalue weighted by Gasteiger charge is -2.37. The quantitative estimate of drug-likeness (QED) is 0.242. The molecule has 148 valence electrons. The molecule has 1 aromatic heterocycles. The van der Waals surface area contributed by atoms with Crippen LogP contribution in [0.25, 0.3) is 11.3 Å². The topological polar surface area (TPSA) is 12.9 Å². The van der Waals surface area contributed by atoms with Crippen molar-refractivity contribution < 1.29 is 0 Å². The van der Waals surface area contributed by atoms with Gasteiger partial charge in [-0.3, -0.25) is 0 Å². The first kappa shape index (κ1) is 19.2. The second-order valence-corrected chi connectivity index (χ2v) is 11.4. The highest BCUT2D eigenvalue weighted by atomic mass is 28.3. The number of hydrogen-bond donors (Lipinski definition) is 0. The van der Waals surface area contributed by atoms with Gasteiger partial charge in [-0.2, -0.15) is 0 Å². The molecule has 0 aliphatic carbocycles. The first-order valence-electron chi connectivity index (χ1n) is 10.5. The van der Waals surface area contributed by atoms with Crippen molar-refractivity contribution >= 4 is 28.8 Å². The van der Waals surface area contributed by atoms with Crippen LogP contribution in [0.5, 0.6) is 0 Å². The molecular formula is C29H22NSi-. The zero-order valence-corrected chi connectivity index (χ0v) is 18.1. The molecule has 0 aliphatic heterocycles. The van der Waals surface area contributed by atoms with E-state index in [1.165, 1.54) is 20.7 Å². The number of pyridine rings is 1. The van der Waals surface area contributed by atoms with E-state index >= 15 is 0 Å². The summed E-state index contributed by atoms with van der Waals surface area (Å²) in [5.41, 5.74) is 1.96. The highest BCUT2D eigenvalue weighted by molar-refractivity contribution is 7.19. The number of hydrogen-bond acceptors (Lipinski definition) is 1. The van der Waals surface area contributed by atoms with E-state index in [0.29, 0.717) is 0 Å². The van der Waals surface area contributed by atoms with E-state index in [1.807, 2.05) is 24.4 Å². The van der Waals surface area contributed by atoms with Crippen LogP contribution in [0.3, 0.4) is 0 Å². The Balaban J connectivity index is 1.78. The standard InChI is InChI=1S/C29H22NSi/c1-4-12-25(13-5-1)31(26-14-6-2-7-15-26,27-16-8-3-9-17-27)28-21-19-24(20-22-28)29-18-10-11-23-30-29/h1-19,21-23H/q-1. The molecule has 0 unspecified atom stereocenters. The Kier molecular flexibility index (Phi) is 5.30. The summed E-state index contributed by atoms with van der Waals surface area (Å²) in [6, 6.07) is 49.0. The van der Waals surface area contributed by atoms with Crippen molar-refractivity contribution in [1.29, 1.82) is 0 Å². The molecule has 5 aromatic rings. The third kappa shape index (κ3) is 3.52. The van der Waals surface area contributed by atoms with Crippen molar-refractivity contribution in [2.75, 3.05) is 0 Å². The third-order valence-electron chi connectivity index (χ3n) is 5.81. The SMILES string of the molecule is [c-]1cc([Si](c2ccccc2)(c2ccccc2)c2ccccc2)ccc1-c1ccccn1. The van der Waals surface area contributed by atoms with Gasteiger partial charge in [0.05, 0.1) is 0 Å². The molecule has 31 heavy (non-hydrogen) atoms. The van der Waals surface area contributed by atoms with Crippen LogP contribution < -0.4 is 20.7 Å². The normalized spacial score (nSPS) is 11.2. The summed E-state index contributed by atoms with van der Waals surface area (Å²) in [6.07, 6.45) is 1.83. The van der Waals surface area contributed by atoms with Gasteiger partial charge in [0.2, 0.25) is 0 Å². The average Bonchev–Trinajstić information content (AvgIpc) is 2.88. The van der Waals surface area contributed by atoms with Crippen molar-refractivity contribution in [1.82, 2.24) is 4.98 Å². The molecule has 0 fully saturated rings. The molecule has 0 saturated heterocycles. The lowest BCUT2D eigenvalue weighted by Crippen LogP contribution is -2.74. The molecule has 0 spiro atoms. The van der Waals surface area contributed by atoms with Gasteiger partial charge in [-0.15, -0.1) is 35.0 Å². The van der Waals surface area contributed by atoms with Crippen LogP contribution >= 0.6 is 0 Å². The maximum absolute atomic E-state index is 4.50. The zero-order valence-electron chi connectivity index (χ0n) is 17.1. The molecule has 5 rings (SSSR count). The van der Waals surface area contributed by atoms with E-state index in [2.05, 4.69) is 120 Å². The minimum atomic E-state index is -2.48. The van der Waals surface area contributed by atoms with Crippen LogP contribution in [-0.2, 0) is 0 Å². The second kappa shape index (κ2) is 8.55. The van der Waals surface area contributed by atoms with Crippen molar-refractivity contribution in [3.8, 4) is 11.3 Å². The molecule has 0 saturated carbocycles. The van der Waals surface area contributed by atoms with Gasteiger partial charge in [-0.05, 0) is 11.8 Å². The largest absolute Gasteiger partial charge is 0.305 e. The molecule has 4 aromatic carbocycles. The van der Waals surface area contributed by atoms with Crippen molar-refractivity contribution in [3.63, 3.8) is 0 Å². The molecular weight excluding hydrogens is 390 g/mol. The predicted molar refractivity (Wildman–Crippen MR) is 132 cm³/mol. The van der Waals surface area contributed by atoms with Gasteiger partial charge in [0, 0.05) is 6.20 Å². The Morgan fingerprint density at radius 2 is 1.00 bits per heavy atom. The van der Waals surface area contributed by atoms with Crippen LogP contribution in [0.2, 0.25) is 0 Å². The first-order valence-corrected chi connectivity index (χ1v) is 12.5. The maximum atomic E-state index is 4.50. The lowest BCUT2D eigenvalue weighted by atomic mass is 10.1. The van der Waals surface area contributed by atoms with Gasteiger partial charge in [0.1, 0.15) is 8.07 Å². The van der Waals surface area contributed by atoms with E-state index in [-0.39, 0.29) is 0 Å². The summed E-state index contributed by atoms with van der Waals surface area (Å²) in [5.74, 6) is 0. The maximum Gasteiger partial charge on any atom is 0.134 e. The van der Waals surface area contributed by atoms with Gasteiger partial charge >= 0.3 is 0 Å². The van der Waals surface area contributed by atoms with E-state index in [0.717, 1.165) is 11.3 Å². The molecule has 0 N–H and O–H groups in total. The fourth-order valence-electron chi connectivity index (χ4n) is 4.40. The Morgan fingerprint density at radius 3 is 1.42 bits per heavy atom. The third-order valence-corrected chi connectivity index (χ3v) is 10.6. The smallest absolute Gasteiger partial charge is 0.134 e. The van der Waals surface area contributed by atoms with Crippen LogP contribution in [0.15, 0.2) is 134 Å². The molecule has 0 bridgehead atoms. The predicted octanol–water partition coefficient (Wildman–Crippen LogP) is 3.93. The van der Waals surface area contributed by atoms with Gasteiger partial charge in [-0.25, -0.2) is 0 Å². The zero-order chi connectivity index (χ0) is 20.9. The second-order valence-electron chi connectivity index (χ2n) is 7.55. The molecule has 2 heteroatoms. The number of aromatic nitrogens is 1. The van der Waals surface area contributed by atoms with Crippen molar-refractivity contribution in [3.05, 3.63) is 140 Å². The number of nitrogens with zero attached hydrogens (tertiary/aromatic N) is 1. The number of rotatable bonds is 5. The molecule has 0 aliphatic rings. The van der Waals surface area contributed by atoms with E-state index < -0.39 is 8.07 Å². The van der Waals surface area contributed by atoms with Crippen LogP contribution in [0, 0.1) is 6.07 Å². The molecule has 0 amide bonds. The molecule has 1 heterocycles. The first-order chi connectivity index (χ1) is 15.4. The van der Waals surface area contributed by atoms with E-state index in [1.54, 1.807) is 0 Å². The van der Waals surface area contributed by atoms with Gasteiger partial charge in [0.15, 0.2) is 0 Å². The summed E-state index contributed by atoms with van der Waals surface area (Å²) in [6.45, 7) is 0. The van der Waals surface area contributed by atoms with E-state index in [9.17, 15) is 0 Å². The Labute approximate surface area is 184 Å². The summed E-state index contributed by atoms with van der Waals surface area (Å²) in [7, 11) is -2.48. The fourth-order valence-corrected chi connectivity index (χ4v) is 9.10. The summed E-state index contributed by atoms with van der Waals surface area (Å²) < 4.78 is 0. The summed E-state index contributed by atoms with van der Waals surface area (Å²) in [4.78, 5) is 4.50. The van der Waals surface area contributed by atoms with Crippen LogP contribution in [-0.4, -0.2) is 13.1 Å². The van der Waals surface area contributed by atoms with Gasteiger partial charge in [-0.1, -0.05) is 119 Å². The van der Waals surface area contributed by atoms with Gasteiger partial charge in [0.25, 0.3) is 0 Å². The van der Waals surface area contributed by atoms with Crippen LogP contribution in [0.1, 0.15) is 0 Å². The monoisotopic (exact) mass is 412 g/mol. The Hall–Kier alpha value is -3.75. The molecule has 0 radical (unpaired) electrons. The van der Waals surface area contributed by atoms with Crippen LogP contribution in [0.4, 0.5) is 0 Å². The van der Waals surface area contributed by atoms with Gasteiger partial charge < -0.3 is 4.98 Å². The minimum absolute atomic E-state index is 0.945. The summed E-state index contributed by atoms with van der Waals surface area (Å²) in [5, 5.41) is 5.42. The lowest BCUT2D eigenvalue weighted by molar-refractivity contribution is 1.33. The summed E-state index contributed by atoms with van der Waals surface area (Å²) >= 11 is 0. The van der Waals surface area contributed by atoms with E-state index in [4.69, 9.17) is 0 Å². The number of benzene rings is 4. The van der Waals surface area contributed by atoms with Crippen molar-refractivity contribution in [2.24, 2.45) is 0 Å². The highest BCUT2D eigenvalue weighted by Gasteiger charge is 2.37. The van der Waals surface area contributed by atoms with Crippen molar-refractivity contribution in [2.45, 2.75) is 0 Å². The minimum Gasteiger partial charge on any atom is -0.305 e.